The molecule has 2 aliphatic heterocycles. The first-order chi connectivity index (χ1) is 17.6. The highest BCUT2D eigenvalue weighted by molar-refractivity contribution is 14.1. The number of amides is 4. The second-order valence-electron chi connectivity index (χ2n) is 11.2. The van der Waals surface area contributed by atoms with Gasteiger partial charge in [-0.25, -0.2) is 0 Å². The summed E-state index contributed by atoms with van der Waals surface area (Å²) < 4.78 is 5.83. The smallest absolute Gasteiger partial charge is 0.254 e. The van der Waals surface area contributed by atoms with Crippen molar-refractivity contribution in [3.05, 3.63) is 32.9 Å². The van der Waals surface area contributed by atoms with Crippen LogP contribution in [-0.4, -0.2) is 66.4 Å². The zero-order valence-corrected chi connectivity index (χ0v) is 26.3. The van der Waals surface area contributed by atoms with Gasteiger partial charge in [0.1, 0.15) is 0 Å². The van der Waals surface area contributed by atoms with Crippen LogP contribution in [0, 0.1) is 21.3 Å². The number of phenolic OH excluding ortho intramolecular Hbond substituents is 1. The number of nitrogens with zero attached hydrogens (tertiary/aromatic N) is 2. The van der Waals surface area contributed by atoms with Crippen molar-refractivity contribution in [1.82, 2.24) is 9.80 Å². The number of ether oxygens (including phenoxy) is 1. The predicted octanol–water partition coefficient (Wildman–Crippen LogP) is 4.52. The Labute approximate surface area is 252 Å². The molecule has 1 aromatic carbocycles. The highest BCUT2D eigenvalue weighted by atomic mass is 127. The molecule has 1 aromatic rings. The third-order valence-electron chi connectivity index (χ3n) is 8.29. The Hall–Kier alpha value is -1.37. The van der Waals surface area contributed by atoms with Crippen LogP contribution in [0.15, 0.2) is 23.8 Å². The van der Waals surface area contributed by atoms with Crippen molar-refractivity contribution in [3.8, 4) is 11.5 Å². The number of imide groups is 2. The molecule has 204 valence electrons. The number of alkyl halides is 3. The van der Waals surface area contributed by atoms with E-state index in [0.717, 1.165) is 4.90 Å². The molecule has 5 rings (SSSR count). The summed E-state index contributed by atoms with van der Waals surface area (Å²) in [6, 6.07) is 3.26. The first-order valence-electron chi connectivity index (χ1n) is 12.1. The molecule has 1 N–H and O–H groups in total. The van der Waals surface area contributed by atoms with Crippen LogP contribution in [-0.2, 0) is 19.2 Å². The molecule has 8 nitrogen and oxygen atoms in total. The fourth-order valence-electron chi connectivity index (χ4n) is 6.70. The van der Waals surface area contributed by atoms with Crippen LogP contribution < -0.4 is 4.74 Å². The summed E-state index contributed by atoms with van der Waals surface area (Å²) >= 11 is 19.6. The fourth-order valence-corrected chi connectivity index (χ4v) is 8.76. The van der Waals surface area contributed by atoms with E-state index in [0.29, 0.717) is 21.1 Å². The average Bonchev–Trinajstić information content (AvgIpc) is 3.19. The molecule has 38 heavy (non-hydrogen) atoms. The summed E-state index contributed by atoms with van der Waals surface area (Å²) in [5, 5.41) is 10.5. The second kappa shape index (κ2) is 9.07. The first-order valence-corrected chi connectivity index (χ1v) is 15.0. The highest BCUT2D eigenvalue weighted by Crippen LogP contribution is 2.66. The summed E-state index contributed by atoms with van der Waals surface area (Å²) in [7, 11) is 1.41. The van der Waals surface area contributed by atoms with Gasteiger partial charge in [0.25, 0.3) is 11.8 Å². The zero-order chi connectivity index (χ0) is 28.1. The number of benzene rings is 1. The molecular weight excluding hydrogens is 714 g/mol. The molecule has 0 aromatic heterocycles. The van der Waals surface area contributed by atoms with Gasteiger partial charge in [0.15, 0.2) is 21.2 Å². The number of halogens is 4. The van der Waals surface area contributed by atoms with Crippen molar-refractivity contribution in [1.29, 1.82) is 0 Å². The number of rotatable bonds is 3. The Morgan fingerprint density at radius 2 is 1.79 bits per heavy atom. The van der Waals surface area contributed by atoms with Crippen LogP contribution in [0.25, 0.3) is 0 Å². The van der Waals surface area contributed by atoms with Crippen LogP contribution >= 0.6 is 61.7 Å². The van der Waals surface area contributed by atoms with Gasteiger partial charge >= 0.3 is 0 Å². The van der Waals surface area contributed by atoms with E-state index >= 15 is 0 Å². The van der Waals surface area contributed by atoms with Crippen molar-refractivity contribution in [2.24, 2.45) is 17.8 Å². The number of hydrogen-bond donors (Lipinski definition) is 1. The number of aromatic hydroxyl groups is 1. The lowest BCUT2D eigenvalue weighted by Gasteiger charge is -2.50. The van der Waals surface area contributed by atoms with Gasteiger partial charge in [-0.05, 0) is 79.8 Å². The maximum Gasteiger partial charge on any atom is 0.254 e. The lowest BCUT2D eigenvalue weighted by atomic mass is 9.56. The Balaban J connectivity index is 1.75. The van der Waals surface area contributed by atoms with Gasteiger partial charge in [-0.1, -0.05) is 27.6 Å². The standard InChI is InChI=1S/C26H26BrCl2IN2O6/c1-24(2,3)32-20(34)13-6-5-12-14(17(13)21(32)35)9-25(28)22(36)31(10-27)23(37)26(25,29)18(12)11-7-15(30)19(33)16(8-11)38-4/h5,7-8,13-14,17-18,33H,6,9-10H2,1-4H3. The van der Waals surface area contributed by atoms with Crippen LogP contribution in [0.3, 0.4) is 0 Å². The number of methoxy groups -OCH3 is 1. The molecular formula is C26H26BrCl2IN2O6. The monoisotopic (exact) mass is 738 g/mol. The van der Waals surface area contributed by atoms with Crippen LogP contribution in [0.4, 0.5) is 0 Å². The summed E-state index contributed by atoms with van der Waals surface area (Å²) in [5.41, 5.74) is 0.388. The van der Waals surface area contributed by atoms with Crippen molar-refractivity contribution >= 4 is 85.4 Å². The van der Waals surface area contributed by atoms with E-state index in [-0.39, 0.29) is 35.2 Å². The van der Waals surface area contributed by atoms with Gasteiger partial charge in [-0.3, -0.25) is 29.0 Å². The minimum atomic E-state index is -1.91. The van der Waals surface area contributed by atoms with Gasteiger partial charge in [0.05, 0.1) is 28.0 Å². The van der Waals surface area contributed by atoms with Crippen molar-refractivity contribution < 1.29 is 29.0 Å². The number of carbonyl (C=O) groups excluding carboxylic acids is 4. The SMILES string of the molecule is COc1cc(C2C3=CCC4C(=O)N(C(C)(C)C)C(=O)C4C3CC3(Cl)C(=O)N(CBr)C(=O)C23Cl)cc(I)c1O. The molecule has 2 saturated heterocycles. The van der Waals surface area contributed by atoms with Crippen LogP contribution in [0.5, 0.6) is 11.5 Å². The number of likely N-dealkylation sites (tertiary alicyclic amines) is 2. The molecule has 4 amide bonds. The number of allylic oxidation sites excluding steroid dienone is 2. The van der Waals surface area contributed by atoms with E-state index < -0.39 is 50.8 Å². The molecule has 6 unspecified atom stereocenters. The van der Waals surface area contributed by atoms with E-state index in [4.69, 9.17) is 27.9 Å². The molecule has 6 atom stereocenters. The van der Waals surface area contributed by atoms with E-state index in [2.05, 4.69) is 15.9 Å². The maximum absolute atomic E-state index is 13.8. The minimum absolute atomic E-state index is 0.0705. The fraction of sp³-hybridized carbons (Fsp3) is 0.538. The Morgan fingerprint density at radius 1 is 1.13 bits per heavy atom. The van der Waals surface area contributed by atoms with Gasteiger partial charge in [0, 0.05) is 11.5 Å². The summed E-state index contributed by atoms with van der Waals surface area (Å²) in [4.78, 5) is 53.3. The summed E-state index contributed by atoms with van der Waals surface area (Å²) in [5.74, 6) is -4.60. The summed E-state index contributed by atoms with van der Waals surface area (Å²) in [6.07, 6.45) is 2.11. The van der Waals surface area contributed by atoms with Crippen molar-refractivity contribution in [3.63, 3.8) is 0 Å². The molecule has 2 aliphatic carbocycles. The van der Waals surface area contributed by atoms with Gasteiger partial charge in [-0.15, -0.1) is 23.2 Å². The lowest BCUT2D eigenvalue weighted by Crippen LogP contribution is -2.60. The van der Waals surface area contributed by atoms with Crippen LogP contribution in [0.2, 0.25) is 0 Å². The Kier molecular flexibility index (Phi) is 6.72. The van der Waals surface area contributed by atoms with Crippen molar-refractivity contribution in [2.75, 3.05) is 12.6 Å². The third kappa shape index (κ3) is 3.51. The molecule has 1 saturated carbocycles. The van der Waals surface area contributed by atoms with Crippen molar-refractivity contribution in [2.45, 2.75) is 54.8 Å². The Bertz CT molecular complexity index is 1330. The van der Waals surface area contributed by atoms with E-state index in [1.165, 1.54) is 12.0 Å². The first kappa shape index (κ1) is 28.2. The normalized spacial score (nSPS) is 34.8. The maximum atomic E-state index is 13.8. The third-order valence-corrected chi connectivity index (χ3v) is 11.0. The number of carbonyl (C=O) groups is 4. The zero-order valence-electron chi connectivity index (χ0n) is 21.1. The molecule has 12 heteroatoms. The molecule has 2 heterocycles. The number of phenols is 1. The number of hydrogen-bond acceptors (Lipinski definition) is 6. The van der Waals surface area contributed by atoms with E-state index in [1.54, 1.807) is 12.1 Å². The molecule has 4 aliphatic rings. The second-order valence-corrected chi connectivity index (χ2v) is 14.1. The number of fused-ring (bicyclic) bond motifs is 4. The highest BCUT2D eigenvalue weighted by Gasteiger charge is 2.76. The molecule has 0 spiro atoms. The van der Waals surface area contributed by atoms with Gasteiger partial charge in [-0.2, -0.15) is 0 Å². The minimum Gasteiger partial charge on any atom is -0.504 e. The largest absolute Gasteiger partial charge is 0.504 e. The molecule has 3 fully saturated rings. The summed E-state index contributed by atoms with van der Waals surface area (Å²) in [6.45, 7) is 5.42. The predicted molar refractivity (Wildman–Crippen MR) is 152 cm³/mol. The van der Waals surface area contributed by atoms with Gasteiger partial charge < -0.3 is 9.84 Å². The topological polar surface area (TPSA) is 104 Å². The van der Waals surface area contributed by atoms with Crippen LogP contribution in [0.1, 0.15) is 45.1 Å². The lowest BCUT2D eigenvalue weighted by molar-refractivity contribution is -0.146. The van der Waals surface area contributed by atoms with Gasteiger partial charge in [0.2, 0.25) is 11.8 Å². The molecule has 0 radical (unpaired) electrons. The van der Waals surface area contributed by atoms with E-state index in [9.17, 15) is 24.3 Å². The van der Waals surface area contributed by atoms with E-state index in [1.807, 2.05) is 49.4 Å². The Morgan fingerprint density at radius 3 is 2.37 bits per heavy atom. The molecule has 0 bridgehead atoms. The average molecular weight is 740 g/mol. The quantitative estimate of drug-likeness (QED) is 0.161.